The first-order valence-electron chi connectivity index (χ1n) is 9.97. The molecule has 1 aliphatic heterocycles. The van der Waals surface area contributed by atoms with Crippen molar-refractivity contribution in [1.29, 1.82) is 0 Å². The van der Waals surface area contributed by atoms with Gasteiger partial charge in [0.05, 0.1) is 0 Å². The highest BCUT2D eigenvalue weighted by molar-refractivity contribution is 7.87. The van der Waals surface area contributed by atoms with Gasteiger partial charge in [-0.25, -0.2) is 9.52 Å². The van der Waals surface area contributed by atoms with Crippen molar-refractivity contribution in [1.82, 2.24) is 13.9 Å². The summed E-state index contributed by atoms with van der Waals surface area (Å²) in [4.78, 5) is 14.8. The number of hydrogen-bond acceptors (Lipinski definition) is 4. The summed E-state index contributed by atoms with van der Waals surface area (Å²) in [5, 5.41) is 3.37. The van der Waals surface area contributed by atoms with Gasteiger partial charge in [0.25, 0.3) is 0 Å². The van der Waals surface area contributed by atoms with Gasteiger partial charge in [-0.15, -0.1) is 0 Å². The van der Waals surface area contributed by atoms with Crippen LogP contribution in [0.4, 0.5) is 10.5 Å². The Morgan fingerprint density at radius 3 is 1.93 bits per heavy atom. The smallest absolute Gasteiger partial charge is 0.307 e. The molecule has 2 rings (SSSR count). The number of likely N-dealkylation sites (N-methyl/N-ethyl adjacent to an activating group) is 1. The van der Waals surface area contributed by atoms with E-state index in [2.05, 4.69) is 14.9 Å². The molecule has 0 aliphatic carbocycles. The minimum absolute atomic E-state index is 0.107. The first-order valence-corrected chi connectivity index (χ1v) is 11.8. The molecule has 1 saturated heterocycles. The lowest BCUT2D eigenvalue weighted by Crippen LogP contribution is -2.60. The van der Waals surface area contributed by atoms with Crippen LogP contribution < -0.4 is 10.0 Å². The second kappa shape index (κ2) is 9.20. The van der Waals surface area contributed by atoms with E-state index < -0.39 is 16.2 Å². The number of carbonyl (C=O) groups is 1. The molecule has 0 saturated carbocycles. The van der Waals surface area contributed by atoms with Crippen LogP contribution in [-0.4, -0.2) is 55.9 Å². The second-order valence-electron chi connectivity index (χ2n) is 8.58. The summed E-state index contributed by atoms with van der Waals surface area (Å²) in [6, 6.07) is 2.39. The summed E-state index contributed by atoms with van der Waals surface area (Å²) in [5.74, 6) is 0.214. The van der Waals surface area contributed by atoms with Crippen LogP contribution in [0.2, 0.25) is 5.02 Å². The van der Waals surface area contributed by atoms with Crippen molar-refractivity contribution in [2.45, 2.75) is 65.5 Å². The third-order valence-corrected chi connectivity index (χ3v) is 7.10. The molecule has 2 unspecified atom stereocenters. The molecule has 0 aromatic heterocycles. The summed E-state index contributed by atoms with van der Waals surface area (Å²) in [6.45, 7) is 12.9. The molecule has 9 heteroatoms. The Kier molecular flexibility index (Phi) is 7.59. The molecule has 1 aromatic rings. The van der Waals surface area contributed by atoms with Crippen LogP contribution in [0.3, 0.4) is 0 Å². The van der Waals surface area contributed by atoms with E-state index in [9.17, 15) is 13.2 Å². The number of anilines is 1. The number of hydrogen-bond donors (Lipinski definition) is 2. The van der Waals surface area contributed by atoms with Crippen molar-refractivity contribution in [3.05, 3.63) is 28.3 Å². The van der Waals surface area contributed by atoms with Crippen molar-refractivity contribution in [2.24, 2.45) is 0 Å². The largest absolute Gasteiger partial charge is 0.333 e. The fourth-order valence-corrected chi connectivity index (χ4v) is 5.77. The number of halogens is 1. The number of nitrogens with one attached hydrogen (secondary N) is 2. The lowest BCUT2D eigenvalue weighted by molar-refractivity contribution is 0.122. The Hall–Kier alpha value is -1.35. The zero-order chi connectivity index (χ0) is 22.1. The molecule has 0 spiro atoms. The number of amides is 2. The van der Waals surface area contributed by atoms with Crippen LogP contribution in [-0.2, 0) is 10.2 Å². The first kappa shape index (κ1) is 23.9. The standard InChI is InChI=1S/C20H33ClN4O3S/c1-12(2)17-8-16(21)9-18(13(3)4)19(17)22-20(26)23-29(27,28)25-14(5)10-24(7)11-15(25)6/h8-9,12-15H,10-11H2,1-7H3,(H2,22,23,26). The van der Waals surface area contributed by atoms with E-state index in [0.717, 1.165) is 11.1 Å². The van der Waals surface area contributed by atoms with Crippen LogP contribution >= 0.6 is 11.6 Å². The maximum Gasteiger partial charge on any atom is 0.333 e. The molecule has 164 valence electrons. The molecule has 1 aromatic carbocycles. The van der Waals surface area contributed by atoms with Gasteiger partial charge >= 0.3 is 16.2 Å². The maximum atomic E-state index is 12.9. The zero-order valence-electron chi connectivity index (χ0n) is 18.3. The fourth-order valence-electron chi connectivity index (χ4n) is 4.06. The van der Waals surface area contributed by atoms with Gasteiger partial charge in [0.15, 0.2) is 0 Å². The van der Waals surface area contributed by atoms with Gasteiger partial charge in [0.1, 0.15) is 0 Å². The average Bonchev–Trinajstić information content (AvgIpc) is 2.53. The molecule has 2 atom stereocenters. The monoisotopic (exact) mass is 444 g/mol. The van der Waals surface area contributed by atoms with Crippen LogP contribution in [0.25, 0.3) is 0 Å². The molecule has 0 bridgehead atoms. The van der Waals surface area contributed by atoms with Gasteiger partial charge in [0, 0.05) is 35.9 Å². The average molecular weight is 445 g/mol. The summed E-state index contributed by atoms with van der Waals surface area (Å²) in [6.07, 6.45) is 0. The molecular formula is C20H33ClN4O3S. The highest BCUT2D eigenvalue weighted by atomic mass is 35.5. The van der Waals surface area contributed by atoms with Crippen molar-refractivity contribution in [2.75, 3.05) is 25.5 Å². The number of nitrogens with zero attached hydrogens (tertiary/aromatic N) is 2. The van der Waals surface area contributed by atoms with Crippen molar-refractivity contribution >= 4 is 33.5 Å². The van der Waals surface area contributed by atoms with Crippen molar-refractivity contribution < 1.29 is 13.2 Å². The Labute approximate surface area is 180 Å². The predicted molar refractivity (Wildman–Crippen MR) is 119 cm³/mol. The second-order valence-corrected chi connectivity index (χ2v) is 10.6. The van der Waals surface area contributed by atoms with E-state index in [4.69, 9.17) is 11.6 Å². The quantitative estimate of drug-likeness (QED) is 0.719. The van der Waals surface area contributed by atoms with E-state index in [1.54, 1.807) is 0 Å². The molecule has 1 fully saturated rings. The highest BCUT2D eigenvalue weighted by Crippen LogP contribution is 2.35. The lowest BCUT2D eigenvalue weighted by atomic mass is 9.92. The number of rotatable bonds is 5. The Morgan fingerprint density at radius 2 is 1.52 bits per heavy atom. The molecule has 1 heterocycles. The van der Waals surface area contributed by atoms with Gasteiger partial charge in [-0.1, -0.05) is 39.3 Å². The van der Waals surface area contributed by atoms with E-state index in [1.807, 2.05) is 60.7 Å². The van der Waals surface area contributed by atoms with E-state index in [0.29, 0.717) is 23.8 Å². The molecule has 7 nitrogen and oxygen atoms in total. The van der Waals surface area contributed by atoms with E-state index >= 15 is 0 Å². The van der Waals surface area contributed by atoms with E-state index in [-0.39, 0.29) is 23.9 Å². The number of urea groups is 1. The Bertz CT molecular complexity index is 816. The Morgan fingerprint density at radius 1 is 1.07 bits per heavy atom. The minimum Gasteiger partial charge on any atom is -0.307 e. The topological polar surface area (TPSA) is 81.8 Å². The number of piperazine rings is 1. The van der Waals surface area contributed by atoms with Gasteiger partial charge in [-0.2, -0.15) is 12.7 Å². The van der Waals surface area contributed by atoms with Gasteiger partial charge in [-0.05, 0) is 56.0 Å². The third-order valence-electron chi connectivity index (χ3n) is 5.17. The molecule has 29 heavy (non-hydrogen) atoms. The highest BCUT2D eigenvalue weighted by Gasteiger charge is 2.37. The summed E-state index contributed by atoms with van der Waals surface area (Å²) in [7, 11) is -2.02. The molecule has 1 aliphatic rings. The predicted octanol–water partition coefficient (Wildman–Crippen LogP) is 3.98. The number of benzene rings is 1. The molecule has 2 N–H and O–H groups in total. The summed E-state index contributed by atoms with van der Waals surface area (Å²) >= 11 is 6.26. The number of carbonyl (C=O) groups excluding carboxylic acids is 1. The fraction of sp³-hybridized carbons (Fsp3) is 0.650. The zero-order valence-corrected chi connectivity index (χ0v) is 19.9. The molecular weight excluding hydrogens is 412 g/mol. The van der Waals surface area contributed by atoms with Gasteiger partial charge in [0.2, 0.25) is 0 Å². The van der Waals surface area contributed by atoms with Crippen molar-refractivity contribution in [3.8, 4) is 0 Å². The van der Waals surface area contributed by atoms with Gasteiger partial charge < -0.3 is 10.2 Å². The maximum absolute atomic E-state index is 12.9. The normalized spacial score (nSPS) is 21.6. The van der Waals surface area contributed by atoms with Crippen LogP contribution in [0.15, 0.2) is 12.1 Å². The third kappa shape index (κ3) is 5.63. The summed E-state index contributed by atoms with van der Waals surface area (Å²) < 4.78 is 29.4. The van der Waals surface area contributed by atoms with Gasteiger partial charge in [-0.3, -0.25) is 0 Å². The SMILES string of the molecule is CC(C)c1cc(Cl)cc(C(C)C)c1NC(=O)NS(=O)(=O)N1C(C)CN(C)CC1C. The summed E-state index contributed by atoms with van der Waals surface area (Å²) in [5.41, 5.74) is 2.36. The Balaban J connectivity index is 2.29. The molecule has 0 radical (unpaired) electrons. The molecule has 2 amide bonds. The lowest BCUT2D eigenvalue weighted by Gasteiger charge is -2.41. The minimum atomic E-state index is -3.98. The van der Waals surface area contributed by atoms with Crippen molar-refractivity contribution in [3.63, 3.8) is 0 Å². The van der Waals surface area contributed by atoms with Crippen LogP contribution in [0.5, 0.6) is 0 Å². The van der Waals surface area contributed by atoms with E-state index in [1.165, 1.54) is 4.31 Å². The van der Waals surface area contributed by atoms with Crippen LogP contribution in [0.1, 0.15) is 64.5 Å². The van der Waals surface area contributed by atoms with Crippen LogP contribution in [0, 0.1) is 0 Å². The first-order chi connectivity index (χ1) is 13.3.